The number of ether oxygens (including phenoxy) is 1. The third-order valence-electron chi connectivity index (χ3n) is 19.3. The Morgan fingerprint density at radius 3 is 2.59 bits per heavy atom. The maximum absolute atomic E-state index is 15.0. The number of rotatable bonds is 14. The number of nitrogens with two attached hydrogens (primary N) is 1. The van der Waals surface area contributed by atoms with Crippen LogP contribution in [0.2, 0.25) is 0 Å². The summed E-state index contributed by atoms with van der Waals surface area (Å²) >= 11 is 0. The van der Waals surface area contributed by atoms with Crippen molar-refractivity contribution in [2.45, 2.75) is 119 Å². The second-order valence-electron chi connectivity index (χ2n) is 22.9. The van der Waals surface area contributed by atoms with Crippen LogP contribution >= 0.6 is 0 Å². The molecule has 74 heavy (non-hydrogen) atoms. The first kappa shape index (κ1) is 50.7. The molecule has 0 bridgehead atoms. The number of phenols is 1. The number of aliphatic hydroxyl groups is 4. The minimum Gasteiger partial charge on any atom is -0.504 e. The molecule has 1 spiro atoms. The van der Waals surface area contributed by atoms with Crippen molar-refractivity contribution in [3.05, 3.63) is 118 Å². The topological polar surface area (TPSA) is 222 Å². The van der Waals surface area contributed by atoms with Crippen LogP contribution < -0.4 is 26.4 Å². The predicted octanol–water partition coefficient (Wildman–Crippen LogP) is 6.17. The largest absolute Gasteiger partial charge is 0.504 e. The van der Waals surface area contributed by atoms with E-state index in [0.717, 1.165) is 47.1 Å². The lowest BCUT2D eigenvalue weighted by atomic mass is 9.43. The van der Waals surface area contributed by atoms with Crippen LogP contribution in [0.5, 0.6) is 11.5 Å². The Morgan fingerprint density at radius 1 is 0.973 bits per heavy atom. The number of phenolic OH excluding ortho intramolecular Hbond substituents is 1. The summed E-state index contributed by atoms with van der Waals surface area (Å²) in [6.07, 6.45) is 6.26. The van der Waals surface area contributed by atoms with Crippen molar-refractivity contribution in [1.82, 2.24) is 20.9 Å². The number of aromatic hydroxyl groups is 1. The average molecular weight is 1010 g/mol. The Hall–Kier alpha value is -5.46. The van der Waals surface area contributed by atoms with Gasteiger partial charge >= 0.3 is 0 Å². The lowest BCUT2D eigenvalue weighted by molar-refractivity contribution is -0.141. The molecule has 1 saturated heterocycles. The molecule has 3 saturated carbocycles. The summed E-state index contributed by atoms with van der Waals surface area (Å²) in [6.45, 7) is 5.11. The van der Waals surface area contributed by atoms with Crippen LogP contribution in [0.1, 0.15) is 116 Å². The Balaban J connectivity index is 0.909. The van der Waals surface area contributed by atoms with Crippen LogP contribution in [-0.2, 0) is 16.0 Å². The van der Waals surface area contributed by atoms with E-state index in [2.05, 4.69) is 88.4 Å². The van der Waals surface area contributed by atoms with E-state index in [4.69, 9.17) is 10.5 Å². The standard InChI is InChI=1S/C61H75N5O8/c1-3-63-31-47-56(41(16-21-67)46-32-66-48-28-40(68)27-45-42-15-20-65-60(42)59(47)58(46)57(45)48)39-13-18-61(54(73)25-39)17-12-37(44-30-51(71)52(74-2)24-36(44)10-11-53(61)72)23-49(69)50(70)29-43(38-14-19-64-55(62)26-38)35-9-8-33-6-4-5-7-34(33)22-35/h4-9,14-15,20,22,24,26,30,37,39,41,43,45-50,54,56-59,63-67,69-71,73H,3,10-11,13,16,18-19,21,23,25,27-29,31-32,62H2,1-2H3. The summed E-state index contributed by atoms with van der Waals surface area (Å²) in [5, 5.41) is 72.1. The number of hydrogen-bond acceptors (Lipinski definition) is 12. The summed E-state index contributed by atoms with van der Waals surface area (Å²) in [5.41, 5.74) is 10.8. The first-order valence-electron chi connectivity index (χ1n) is 27.5. The average Bonchev–Trinajstić information content (AvgIpc) is 3.94. The summed E-state index contributed by atoms with van der Waals surface area (Å²) in [5.74, 6) is 8.60. The second kappa shape index (κ2) is 20.9. The zero-order valence-electron chi connectivity index (χ0n) is 42.8. The van der Waals surface area contributed by atoms with Gasteiger partial charge in [0.15, 0.2) is 17.3 Å². The minimum absolute atomic E-state index is 0.00551. The molecule has 0 amide bonds. The van der Waals surface area contributed by atoms with Crippen molar-refractivity contribution >= 4 is 22.3 Å². The molecule has 11 rings (SSSR count). The summed E-state index contributed by atoms with van der Waals surface area (Å²) < 4.78 is 5.56. The van der Waals surface area contributed by atoms with Crippen molar-refractivity contribution in [3.63, 3.8) is 0 Å². The zero-order valence-corrected chi connectivity index (χ0v) is 42.8. The number of aryl methyl sites for hydroxylation is 1. The van der Waals surface area contributed by atoms with Gasteiger partial charge in [0.25, 0.3) is 0 Å². The first-order valence-corrected chi connectivity index (χ1v) is 27.5. The minimum atomic E-state index is -1.37. The van der Waals surface area contributed by atoms with Gasteiger partial charge in [0.1, 0.15) is 11.2 Å². The van der Waals surface area contributed by atoms with Crippen molar-refractivity contribution in [3.8, 4) is 23.3 Å². The summed E-state index contributed by atoms with van der Waals surface area (Å²) in [7, 11) is 1.48. The molecule has 16 unspecified atom stereocenters. The smallest absolute Gasteiger partial charge is 0.160 e. The van der Waals surface area contributed by atoms with Gasteiger partial charge in [-0.15, -0.1) is 0 Å². The molecule has 4 fully saturated rings. The number of allylic oxidation sites excluding steroid dienone is 2. The molecular formula is C61H75N5O8. The highest BCUT2D eigenvalue weighted by molar-refractivity contribution is 5.89. The normalized spacial score (nSPS) is 33.4. The second-order valence-corrected chi connectivity index (χ2v) is 22.9. The van der Waals surface area contributed by atoms with Crippen LogP contribution in [0.4, 0.5) is 0 Å². The third kappa shape index (κ3) is 9.07. The van der Waals surface area contributed by atoms with Crippen molar-refractivity contribution in [2.75, 3.05) is 39.9 Å². The van der Waals surface area contributed by atoms with Gasteiger partial charge in [-0.05, 0) is 175 Å². The number of aliphatic hydroxyl groups excluding tert-OH is 4. The van der Waals surface area contributed by atoms with Gasteiger partial charge in [-0.3, -0.25) is 9.59 Å². The van der Waals surface area contributed by atoms with Crippen LogP contribution in [0.25, 0.3) is 10.8 Å². The van der Waals surface area contributed by atoms with Gasteiger partial charge in [0, 0.05) is 68.1 Å². The Bertz CT molecular complexity index is 2880. The van der Waals surface area contributed by atoms with Crippen molar-refractivity contribution in [1.29, 1.82) is 0 Å². The third-order valence-corrected chi connectivity index (χ3v) is 19.3. The van der Waals surface area contributed by atoms with E-state index in [1.807, 2.05) is 18.2 Å². The fourth-order valence-corrected chi connectivity index (χ4v) is 16.1. The number of dihydropyridines is 1. The number of methoxy groups -OCH3 is 1. The summed E-state index contributed by atoms with van der Waals surface area (Å²) in [6, 6.07) is 20.1. The highest BCUT2D eigenvalue weighted by Crippen LogP contribution is 2.65. The number of ketones is 2. The van der Waals surface area contributed by atoms with Crippen molar-refractivity contribution in [2.24, 2.45) is 52.6 Å². The van der Waals surface area contributed by atoms with Crippen LogP contribution in [-0.4, -0.2) is 106 Å². The molecule has 7 aliphatic rings. The number of H-pyrrole nitrogens is 1. The van der Waals surface area contributed by atoms with Crippen molar-refractivity contribution < 1.29 is 39.9 Å². The molecule has 13 nitrogen and oxygen atoms in total. The molecule has 16 atom stereocenters. The number of aromatic amines is 1. The number of aromatic nitrogens is 1. The number of fused-ring (bicyclic) bond motifs is 5. The summed E-state index contributed by atoms with van der Waals surface area (Å²) in [4.78, 5) is 31.9. The molecule has 13 heteroatoms. The van der Waals surface area contributed by atoms with E-state index >= 15 is 0 Å². The number of hydrogen-bond donors (Lipinski definition) is 10. The van der Waals surface area contributed by atoms with E-state index < -0.39 is 29.6 Å². The number of benzene rings is 3. The highest BCUT2D eigenvalue weighted by Gasteiger charge is 2.63. The molecule has 3 aromatic carbocycles. The number of nitrogens with one attached hydrogen (secondary N) is 4. The monoisotopic (exact) mass is 1010 g/mol. The fraction of sp³-hybridized carbons (Fsp3) is 0.541. The first-order chi connectivity index (χ1) is 35.9. The SMILES string of the molecule is CCNCC1C2c3[nH]ccc3C3CC(=O)CC4NCC(C(CCO)C1C1CCC5(C#CC(CC(O)C(O)CC(C6=CCNC(N)=C6)c6ccc7ccccc7c6)c6cc(O)c(OC)cc6CCC5=O)C(O)C1)C2C43. The molecule has 2 aliphatic heterocycles. The molecule has 11 N–H and O–H groups in total. The number of Topliss-reactive ketones (excluding diaryl/α,β-unsaturated/α-hetero) is 2. The molecule has 1 aromatic heterocycles. The van der Waals surface area contributed by atoms with E-state index in [1.165, 1.54) is 18.4 Å². The van der Waals surface area contributed by atoms with Gasteiger partial charge in [-0.1, -0.05) is 67.3 Å². The Labute approximate surface area is 434 Å². The van der Waals surface area contributed by atoms with E-state index in [-0.39, 0.29) is 96.5 Å². The molecule has 392 valence electrons. The lowest BCUT2D eigenvalue weighted by Gasteiger charge is -2.64. The van der Waals surface area contributed by atoms with Gasteiger partial charge < -0.3 is 56.9 Å². The number of piperidine rings is 1. The Morgan fingerprint density at radius 2 is 1.81 bits per heavy atom. The maximum Gasteiger partial charge on any atom is 0.160 e. The van der Waals surface area contributed by atoms with Crippen LogP contribution in [0, 0.1) is 58.7 Å². The molecular weight excluding hydrogens is 931 g/mol. The fourth-order valence-electron chi connectivity index (χ4n) is 16.1. The van der Waals surface area contributed by atoms with Gasteiger partial charge in [0.2, 0.25) is 0 Å². The van der Waals surface area contributed by atoms with E-state index in [1.54, 1.807) is 12.1 Å². The Kier molecular flexibility index (Phi) is 14.3. The molecule has 4 aromatic rings. The quantitative estimate of drug-likeness (QED) is 0.0642. The predicted molar refractivity (Wildman–Crippen MR) is 284 cm³/mol. The van der Waals surface area contributed by atoms with Gasteiger partial charge in [-0.2, -0.15) is 0 Å². The van der Waals surface area contributed by atoms with Gasteiger partial charge in [-0.25, -0.2) is 0 Å². The van der Waals surface area contributed by atoms with Crippen LogP contribution in [0.15, 0.2) is 90.4 Å². The zero-order chi connectivity index (χ0) is 51.4. The highest BCUT2D eigenvalue weighted by atomic mass is 16.5. The van der Waals surface area contributed by atoms with E-state index in [9.17, 15) is 35.1 Å². The number of carbonyl (C=O) groups excluding carboxylic acids is 2. The molecule has 5 aliphatic carbocycles. The van der Waals surface area contributed by atoms with Crippen LogP contribution in [0.3, 0.4) is 0 Å². The lowest BCUT2D eigenvalue weighted by Crippen LogP contribution is -2.65. The molecule has 0 radical (unpaired) electrons. The number of carbonyl (C=O) groups is 2. The molecule has 3 heterocycles. The maximum atomic E-state index is 15.0. The van der Waals surface area contributed by atoms with E-state index in [0.29, 0.717) is 80.5 Å². The van der Waals surface area contributed by atoms with Gasteiger partial charge in [0.05, 0.1) is 31.2 Å².